The quantitative estimate of drug-likeness (QED) is 0.532. The maximum atomic E-state index is 12.5. The van der Waals surface area contributed by atoms with E-state index in [1.54, 1.807) is 26.8 Å². The Morgan fingerprint density at radius 2 is 2.00 bits per heavy atom. The zero-order valence-corrected chi connectivity index (χ0v) is 15.3. The summed E-state index contributed by atoms with van der Waals surface area (Å²) in [6.45, 7) is 5.09. The van der Waals surface area contributed by atoms with Gasteiger partial charge < -0.3 is 10.4 Å². The van der Waals surface area contributed by atoms with E-state index in [1.165, 1.54) is 22.9 Å². The molecule has 1 aromatic heterocycles. The molecule has 1 amide bonds. The Morgan fingerprint density at radius 1 is 1.33 bits per heavy atom. The largest absolute Gasteiger partial charge is 0.481 e. The van der Waals surface area contributed by atoms with Crippen molar-refractivity contribution in [1.29, 1.82) is 0 Å². The molecule has 0 radical (unpaired) electrons. The van der Waals surface area contributed by atoms with Crippen LogP contribution in [-0.4, -0.2) is 43.4 Å². The summed E-state index contributed by atoms with van der Waals surface area (Å²) in [5.74, 6) is -1.51. The Kier molecular flexibility index (Phi) is 5.88. The molecular weight excluding hydrogens is 354 g/mol. The highest BCUT2D eigenvalue weighted by Gasteiger charge is 2.35. The number of nitrogens with one attached hydrogen (secondary N) is 1. The second-order valence-corrected chi connectivity index (χ2v) is 6.19. The highest BCUT2D eigenvalue weighted by molar-refractivity contribution is 5.93. The molecule has 27 heavy (non-hydrogen) atoms. The maximum absolute atomic E-state index is 12.5. The molecule has 144 valence electrons. The zero-order valence-electron chi connectivity index (χ0n) is 15.3. The molecule has 1 heterocycles. The second kappa shape index (κ2) is 7.94. The molecule has 0 spiro atoms. The van der Waals surface area contributed by atoms with E-state index in [-0.39, 0.29) is 17.9 Å². The summed E-state index contributed by atoms with van der Waals surface area (Å²) in [6.07, 6.45) is 0.747. The number of aliphatic carboxylic acids is 1. The molecule has 10 nitrogen and oxygen atoms in total. The van der Waals surface area contributed by atoms with Crippen LogP contribution in [0.1, 0.15) is 42.9 Å². The van der Waals surface area contributed by atoms with Crippen molar-refractivity contribution in [3.8, 4) is 5.69 Å². The van der Waals surface area contributed by atoms with Crippen molar-refractivity contribution < 1.29 is 19.6 Å². The summed E-state index contributed by atoms with van der Waals surface area (Å²) >= 11 is 0. The van der Waals surface area contributed by atoms with Gasteiger partial charge in [0.05, 0.1) is 21.7 Å². The lowest BCUT2D eigenvalue weighted by atomic mass is 9.82. The van der Waals surface area contributed by atoms with E-state index >= 15 is 0 Å². The highest BCUT2D eigenvalue weighted by Crippen LogP contribution is 2.26. The molecule has 0 aliphatic carbocycles. The standard InChI is InChI=1S/C17H21N5O5/c1-4-17(5-2,16(24)25)10-18-15(23)14-11(3)21(20-19-14)12-7-6-8-13(9-12)22(26)27/h6-9H,4-5,10H2,1-3H3,(H,18,23)(H,24,25). The molecule has 2 N–H and O–H groups in total. The van der Waals surface area contributed by atoms with Gasteiger partial charge in [0.2, 0.25) is 0 Å². The van der Waals surface area contributed by atoms with Crippen LogP contribution in [0.3, 0.4) is 0 Å². The predicted molar refractivity (Wildman–Crippen MR) is 95.7 cm³/mol. The van der Waals surface area contributed by atoms with E-state index in [4.69, 9.17) is 0 Å². The van der Waals surface area contributed by atoms with E-state index < -0.39 is 22.2 Å². The molecule has 0 saturated carbocycles. The average molecular weight is 375 g/mol. The Balaban J connectivity index is 2.24. The number of nitro benzene ring substituents is 1. The number of carbonyl (C=O) groups excluding carboxylic acids is 1. The molecule has 0 unspecified atom stereocenters. The van der Waals surface area contributed by atoms with E-state index in [0.29, 0.717) is 24.2 Å². The number of benzene rings is 1. The second-order valence-electron chi connectivity index (χ2n) is 6.19. The third-order valence-corrected chi connectivity index (χ3v) is 4.79. The fraction of sp³-hybridized carbons (Fsp3) is 0.412. The topological polar surface area (TPSA) is 140 Å². The van der Waals surface area contributed by atoms with Crippen molar-refractivity contribution in [3.63, 3.8) is 0 Å². The van der Waals surface area contributed by atoms with Crippen LogP contribution in [0.25, 0.3) is 5.69 Å². The first-order valence-electron chi connectivity index (χ1n) is 8.44. The molecule has 0 aliphatic heterocycles. The SMILES string of the molecule is CCC(CC)(CNC(=O)c1nnn(-c2cccc([N+](=O)[O-])c2)c1C)C(=O)O. The number of aromatic nitrogens is 3. The summed E-state index contributed by atoms with van der Waals surface area (Å²) < 4.78 is 1.33. The number of non-ortho nitro benzene ring substituents is 1. The number of hydrogen-bond acceptors (Lipinski definition) is 6. The van der Waals surface area contributed by atoms with Gasteiger partial charge >= 0.3 is 5.97 Å². The van der Waals surface area contributed by atoms with Gasteiger partial charge in [-0.1, -0.05) is 25.1 Å². The van der Waals surface area contributed by atoms with Gasteiger partial charge in [0.15, 0.2) is 5.69 Å². The number of rotatable bonds is 8. The van der Waals surface area contributed by atoms with Gasteiger partial charge in [0, 0.05) is 18.7 Å². The van der Waals surface area contributed by atoms with Crippen molar-refractivity contribution in [2.45, 2.75) is 33.6 Å². The predicted octanol–water partition coefficient (Wildman–Crippen LogP) is 2.10. The summed E-state index contributed by atoms with van der Waals surface area (Å²) in [4.78, 5) is 34.4. The van der Waals surface area contributed by atoms with Crippen LogP contribution < -0.4 is 5.32 Å². The normalized spacial score (nSPS) is 11.2. The molecule has 2 aromatic rings. The molecule has 0 fully saturated rings. The lowest BCUT2D eigenvalue weighted by Gasteiger charge is -2.26. The Morgan fingerprint density at radius 3 is 2.56 bits per heavy atom. The number of nitro groups is 1. The van der Waals surface area contributed by atoms with E-state index in [2.05, 4.69) is 15.6 Å². The molecule has 0 bridgehead atoms. The Hall–Kier alpha value is -3.30. The van der Waals surface area contributed by atoms with Gasteiger partial charge in [-0.15, -0.1) is 5.10 Å². The lowest BCUT2D eigenvalue weighted by molar-refractivity contribution is -0.384. The average Bonchev–Trinajstić information content (AvgIpc) is 3.04. The zero-order chi connectivity index (χ0) is 20.2. The van der Waals surface area contributed by atoms with Crippen molar-refractivity contribution in [3.05, 3.63) is 45.8 Å². The van der Waals surface area contributed by atoms with Gasteiger partial charge in [-0.3, -0.25) is 19.7 Å². The van der Waals surface area contributed by atoms with Gasteiger partial charge in [0.25, 0.3) is 11.6 Å². The summed E-state index contributed by atoms with van der Waals surface area (Å²) in [5.41, 5.74) is -0.324. The van der Waals surface area contributed by atoms with Crippen molar-refractivity contribution >= 4 is 17.6 Å². The van der Waals surface area contributed by atoms with Crippen LogP contribution in [0, 0.1) is 22.5 Å². The minimum absolute atomic E-state index is 0.0305. The number of hydrogen-bond donors (Lipinski definition) is 2. The van der Waals surface area contributed by atoms with Crippen LogP contribution in [0.4, 0.5) is 5.69 Å². The van der Waals surface area contributed by atoms with Crippen molar-refractivity contribution in [1.82, 2.24) is 20.3 Å². The molecule has 0 saturated heterocycles. The summed E-state index contributed by atoms with van der Waals surface area (Å²) in [6, 6.07) is 5.80. The number of carboxylic acids is 1. The monoisotopic (exact) mass is 375 g/mol. The van der Waals surface area contributed by atoms with Crippen LogP contribution in [0.2, 0.25) is 0 Å². The molecule has 0 atom stereocenters. The van der Waals surface area contributed by atoms with E-state index in [9.17, 15) is 24.8 Å². The van der Waals surface area contributed by atoms with E-state index in [0.717, 1.165) is 0 Å². The number of carboxylic acid groups (broad SMARTS) is 1. The van der Waals surface area contributed by atoms with Crippen molar-refractivity contribution in [2.75, 3.05) is 6.54 Å². The van der Waals surface area contributed by atoms with Gasteiger partial charge in [-0.2, -0.15) is 0 Å². The lowest BCUT2D eigenvalue weighted by Crippen LogP contribution is -2.42. The Labute approximate surface area is 155 Å². The summed E-state index contributed by atoms with van der Waals surface area (Å²) in [5, 5.41) is 30.7. The molecule has 2 rings (SSSR count). The molecular formula is C17H21N5O5. The van der Waals surface area contributed by atoms with Gasteiger partial charge in [-0.05, 0) is 25.8 Å². The number of amides is 1. The minimum atomic E-state index is -1.04. The third kappa shape index (κ3) is 3.94. The van der Waals surface area contributed by atoms with Crippen LogP contribution in [0.5, 0.6) is 0 Å². The first-order chi connectivity index (χ1) is 12.8. The smallest absolute Gasteiger partial charge is 0.311 e. The van der Waals surface area contributed by atoms with Gasteiger partial charge in [-0.25, -0.2) is 4.68 Å². The third-order valence-electron chi connectivity index (χ3n) is 4.79. The first-order valence-corrected chi connectivity index (χ1v) is 8.44. The Bertz CT molecular complexity index is 872. The highest BCUT2D eigenvalue weighted by atomic mass is 16.6. The fourth-order valence-corrected chi connectivity index (χ4v) is 2.73. The number of nitrogens with zero attached hydrogens (tertiary/aromatic N) is 4. The van der Waals surface area contributed by atoms with Crippen LogP contribution in [0.15, 0.2) is 24.3 Å². The van der Waals surface area contributed by atoms with Crippen molar-refractivity contribution in [2.24, 2.45) is 5.41 Å². The fourth-order valence-electron chi connectivity index (χ4n) is 2.73. The minimum Gasteiger partial charge on any atom is -0.481 e. The number of carbonyl (C=O) groups is 2. The van der Waals surface area contributed by atoms with Crippen LogP contribution >= 0.6 is 0 Å². The van der Waals surface area contributed by atoms with Gasteiger partial charge in [0.1, 0.15) is 0 Å². The molecule has 0 aliphatic rings. The maximum Gasteiger partial charge on any atom is 0.311 e. The first kappa shape index (κ1) is 20.0. The molecule has 10 heteroatoms. The van der Waals surface area contributed by atoms with Crippen LogP contribution in [-0.2, 0) is 4.79 Å². The molecule has 1 aromatic carbocycles. The van der Waals surface area contributed by atoms with E-state index in [1.807, 2.05) is 0 Å². The summed E-state index contributed by atoms with van der Waals surface area (Å²) in [7, 11) is 0.